The standard InChI is InChI=1S/C18H28N2O3/c1-23-11-3-6-18(22)19-17-5-2-4-16(12-17)13-20-9-7-15(14-21)8-10-20/h2,4-5,12,15,21H,3,6-11,13-14H2,1H3,(H,19,22). The first-order valence-corrected chi connectivity index (χ1v) is 8.42. The number of benzene rings is 1. The van der Waals surface area contributed by atoms with E-state index in [1.54, 1.807) is 7.11 Å². The number of nitrogens with zero attached hydrogens (tertiary/aromatic N) is 1. The Labute approximate surface area is 138 Å². The molecule has 1 aliphatic heterocycles. The molecule has 2 rings (SSSR count). The van der Waals surface area contributed by atoms with Crippen molar-refractivity contribution in [2.75, 3.05) is 38.7 Å². The second-order valence-electron chi connectivity index (χ2n) is 6.25. The highest BCUT2D eigenvalue weighted by molar-refractivity contribution is 5.90. The second-order valence-corrected chi connectivity index (χ2v) is 6.25. The summed E-state index contributed by atoms with van der Waals surface area (Å²) in [4.78, 5) is 14.3. The molecule has 0 aliphatic carbocycles. The molecule has 0 spiro atoms. The van der Waals surface area contributed by atoms with Crippen LogP contribution >= 0.6 is 0 Å². The van der Waals surface area contributed by atoms with Gasteiger partial charge >= 0.3 is 0 Å². The number of carbonyl (C=O) groups excluding carboxylic acids is 1. The van der Waals surface area contributed by atoms with Crippen LogP contribution in [0.25, 0.3) is 0 Å². The van der Waals surface area contributed by atoms with E-state index < -0.39 is 0 Å². The topological polar surface area (TPSA) is 61.8 Å². The zero-order valence-electron chi connectivity index (χ0n) is 14.0. The van der Waals surface area contributed by atoms with Crippen LogP contribution in [0.2, 0.25) is 0 Å². The number of carbonyl (C=O) groups is 1. The van der Waals surface area contributed by atoms with Crippen molar-refractivity contribution in [2.45, 2.75) is 32.2 Å². The third-order valence-electron chi connectivity index (χ3n) is 4.33. The summed E-state index contributed by atoms with van der Waals surface area (Å²) in [5.74, 6) is 0.493. The Morgan fingerprint density at radius 3 is 2.87 bits per heavy atom. The normalized spacial score (nSPS) is 16.4. The minimum atomic E-state index is 0.0305. The third-order valence-corrected chi connectivity index (χ3v) is 4.33. The quantitative estimate of drug-likeness (QED) is 0.721. The van der Waals surface area contributed by atoms with Crippen molar-refractivity contribution >= 4 is 11.6 Å². The largest absolute Gasteiger partial charge is 0.396 e. The van der Waals surface area contributed by atoms with Crippen LogP contribution in [0.3, 0.4) is 0 Å². The number of piperidine rings is 1. The lowest BCUT2D eigenvalue weighted by Crippen LogP contribution is -2.34. The number of hydrogen-bond acceptors (Lipinski definition) is 4. The number of anilines is 1. The first-order valence-electron chi connectivity index (χ1n) is 8.42. The molecule has 23 heavy (non-hydrogen) atoms. The molecule has 2 N–H and O–H groups in total. The van der Waals surface area contributed by atoms with Crippen LogP contribution in [0, 0.1) is 5.92 Å². The molecular formula is C18H28N2O3. The summed E-state index contributed by atoms with van der Waals surface area (Å²) in [5.41, 5.74) is 2.07. The highest BCUT2D eigenvalue weighted by atomic mass is 16.5. The Morgan fingerprint density at radius 2 is 2.17 bits per heavy atom. The molecule has 128 valence electrons. The third kappa shape index (κ3) is 6.29. The van der Waals surface area contributed by atoms with Gasteiger partial charge in [-0.1, -0.05) is 12.1 Å². The number of ether oxygens (including phenoxy) is 1. The van der Waals surface area contributed by atoms with Gasteiger partial charge in [-0.05, 0) is 56.0 Å². The maximum Gasteiger partial charge on any atom is 0.224 e. The minimum Gasteiger partial charge on any atom is -0.396 e. The van der Waals surface area contributed by atoms with Gasteiger partial charge < -0.3 is 15.2 Å². The summed E-state index contributed by atoms with van der Waals surface area (Å²) >= 11 is 0. The first kappa shape index (κ1) is 17.9. The van der Waals surface area contributed by atoms with Crippen molar-refractivity contribution in [3.63, 3.8) is 0 Å². The summed E-state index contributed by atoms with van der Waals surface area (Å²) in [6.07, 6.45) is 3.34. The number of nitrogens with one attached hydrogen (secondary N) is 1. The fraction of sp³-hybridized carbons (Fsp3) is 0.611. The van der Waals surface area contributed by atoms with Gasteiger partial charge in [0.05, 0.1) is 0 Å². The molecule has 1 amide bonds. The van der Waals surface area contributed by atoms with Gasteiger partial charge in [0.2, 0.25) is 5.91 Å². The maximum absolute atomic E-state index is 11.9. The molecule has 0 aromatic heterocycles. The van der Waals surface area contributed by atoms with E-state index in [0.29, 0.717) is 25.6 Å². The van der Waals surface area contributed by atoms with E-state index >= 15 is 0 Å². The van der Waals surface area contributed by atoms with Gasteiger partial charge in [0.25, 0.3) is 0 Å². The summed E-state index contributed by atoms with van der Waals surface area (Å²) in [5, 5.41) is 12.1. The van der Waals surface area contributed by atoms with Crippen LogP contribution in [-0.4, -0.2) is 49.3 Å². The van der Waals surface area contributed by atoms with Gasteiger partial charge in [-0.3, -0.25) is 9.69 Å². The summed E-state index contributed by atoms with van der Waals surface area (Å²) < 4.78 is 4.96. The lowest BCUT2D eigenvalue weighted by atomic mass is 9.97. The van der Waals surface area contributed by atoms with Gasteiger partial charge in [-0.25, -0.2) is 0 Å². The van der Waals surface area contributed by atoms with E-state index in [0.717, 1.165) is 44.6 Å². The van der Waals surface area contributed by atoms with Crippen molar-refractivity contribution < 1.29 is 14.6 Å². The van der Waals surface area contributed by atoms with E-state index in [9.17, 15) is 9.90 Å². The number of amides is 1. The highest BCUT2D eigenvalue weighted by Gasteiger charge is 2.18. The van der Waals surface area contributed by atoms with Crippen LogP contribution in [-0.2, 0) is 16.1 Å². The fourth-order valence-electron chi connectivity index (χ4n) is 2.93. The molecule has 0 saturated carbocycles. The average molecular weight is 320 g/mol. The monoisotopic (exact) mass is 320 g/mol. The van der Waals surface area contributed by atoms with E-state index in [4.69, 9.17) is 4.74 Å². The van der Waals surface area contributed by atoms with Crippen LogP contribution in [0.5, 0.6) is 0 Å². The van der Waals surface area contributed by atoms with Crippen molar-refractivity contribution in [2.24, 2.45) is 5.92 Å². The van der Waals surface area contributed by atoms with Crippen LogP contribution in [0.15, 0.2) is 24.3 Å². The van der Waals surface area contributed by atoms with Crippen molar-refractivity contribution in [1.29, 1.82) is 0 Å². The molecule has 1 aromatic carbocycles. The Kier molecular flexibility index (Phi) is 7.52. The number of methoxy groups -OCH3 is 1. The minimum absolute atomic E-state index is 0.0305. The van der Waals surface area contributed by atoms with Gasteiger partial charge in [0.15, 0.2) is 0 Å². The first-order chi connectivity index (χ1) is 11.2. The summed E-state index contributed by atoms with van der Waals surface area (Å²) in [6, 6.07) is 8.06. The summed E-state index contributed by atoms with van der Waals surface area (Å²) in [6.45, 7) is 3.86. The number of aliphatic hydroxyl groups excluding tert-OH is 1. The fourth-order valence-corrected chi connectivity index (χ4v) is 2.93. The predicted molar refractivity (Wildman–Crippen MR) is 91.3 cm³/mol. The van der Waals surface area contributed by atoms with Crippen LogP contribution in [0.4, 0.5) is 5.69 Å². The number of hydrogen-bond donors (Lipinski definition) is 2. The zero-order valence-corrected chi connectivity index (χ0v) is 14.0. The second kappa shape index (κ2) is 9.65. The molecule has 5 nitrogen and oxygen atoms in total. The Hall–Kier alpha value is -1.43. The Balaban J connectivity index is 1.81. The van der Waals surface area contributed by atoms with E-state index in [1.165, 1.54) is 5.56 Å². The smallest absolute Gasteiger partial charge is 0.224 e. The maximum atomic E-state index is 11.9. The van der Waals surface area contributed by atoms with Crippen molar-refractivity contribution in [1.82, 2.24) is 4.90 Å². The zero-order chi connectivity index (χ0) is 16.5. The molecular weight excluding hydrogens is 292 g/mol. The van der Waals surface area contributed by atoms with E-state index in [-0.39, 0.29) is 5.91 Å². The van der Waals surface area contributed by atoms with E-state index in [2.05, 4.69) is 16.3 Å². The molecule has 1 aromatic rings. The molecule has 1 heterocycles. The molecule has 1 aliphatic rings. The molecule has 5 heteroatoms. The number of aliphatic hydroxyl groups is 1. The SMILES string of the molecule is COCCCC(=O)Nc1cccc(CN2CCC(CO)CC2)c1. The molecule has 0 bridgehead atoms. The summed E-state index contributed by atoms with van der Waals surface area (Å²) in [7, 11) is 1.64. The lowest BCUT2D eigenvalue weighted by molar-refractivity contribution is -0.116. The molecule has 0 radical (unpaired) electrons. The Bertz CT molecular complexity index is 485. The predicted octanol–water partition coefficient (Wildman–Crippen LogP) is 2.26. The van der Waals surface area contributed by atoms with Gasteiger partial charge in [0.1, 0.15) is 0 Å². The Morgan fingerprint density at radius 1 is 1.39 bits per heavy atom. The van der Waals surface area contributed by atoms with Crippen molar-refractivity contribution in [3.05, 3.63) is 29.8 Å². The van der Waals surface area contributed by atoms with Crippen LogP contribution in [0.1, 0.15) is 31.2 Å². The number of likely N-dealkylation sites (tertiary alicyclic amines) is 1. The lowest BCUT2D eigenvalue weighted by Gasteiger charge is -2.31. The van der Waals surface area contributed by atoms with Gasteiger partial charge in [-0.15, -0.1) is 0 Å². The number of rotatable bonds is 8. The van der Waals surface area contributed by atoms with Crippen LogP contribution < -0.4 is 5.32 Å². The van der Waals surface area contributed by atoms with Gasteiger partial charge in [-0.2, -0.15) is 0 Å². The highest BCUT2D eigenvalue weighted by Crippen LogP contribution is 2.19. The van der Waals surface area contributed by atoms with Crippen molar-refractivity contribution in [3.8, 4) is 0 Å². The van der Waals surface area contributed by atoms with Gasteiger partial charge in [0, 0.05) is 39.0 Å². The molecule has 0 unspecified atom stereocenters. The average Bonchev–Trinajstić information content (AvgIpc) is 2.56. The molecule has 0 atom stereocenters. The molecule has 1 saturated heterocycles. The van der Waals surface area contributed by atoms with E-state index in [1.807, 2.05) is 18.2 Å². The molecule has 1 fully saturated rings.